The molecule has 5 aliphatic rings. The average molecular weight is 759 g/mol. The van der Waals surface area contributed by atoms with Crippen LogP contribution in [0.4, 0.5) is 0 Å². The Kier molecular flexibility index (Phi) is 13.9. The third kappa shape index (κ3) is 10.9. The molecule has 0 aromatic heterocycles. The van der Waals surface area contributed by atoms with Gasteiger partial charge in [-0.15, -0.1) is 12.5 Å². The molecule has 1 nitrogen and oxygen atoms in total. The molecule has 0 amide bonds. The number of hydrogen-bond acceptors (Lipinski definition) is 0. The third-order valence-electron chi connectivity index (χ3n) is 10.4. The van der Waals surface area contributed by atoms with Crippen molar-refractivity contribution >= 4 is 24.2 Å². The first-order valence-corrected chi connectivity index (χ1v) is 19.6. The molecule has 9 rings (SSSR count). The Bertz CT molecular complexity index is 1470. The minimum absolute atomic E-state index is 0. The van der Waals surface area contributed by atoms with E-state index in [0.717, 1.165) is 11.8 Å². The largest absolute Gasteiger partial charge is 0.0622 e. The summed E-state index contributed by atoms with van der Waals surface area (Å²) in [5.41, 5.74) is 15.7. The molecule has 4 fully saturated rings. The normalized spacial score (nSPS) is 26.3. The van der Waals surface area contributed by atoms with Gasteiger partial charge in [-0.25, -0.2) is 5.57 Å². The minimum atomic E-state index is -0.392. The summed E-state index contributed by atoms with van der Waals surface area (Å²) in [6, 6.07) is 42.3. The SMILES string of the molecule is CC12CC3CC(C1)CC([NH-])(C3)C2.CC1=[C-]C(C)C(C)=C1C.[Zr+2].c1cc[c]([GeH][c]2ccccc2)cc1.c1ccc(-c2ccccc2)cc1. The Balaban J connectivity index is 0.000000142. The smallest absolute Gasteiger partial charge is 0.0184 e. The van der Waals surface area contributed by atoms with Crippen LogP contribution in [0, 0.1) is 29.2 Å². The standard InChI is InChI=1S/C12H11Ge.C12H10.C11H18N.C9H13.Zr/c1-3-7-11(8-4-1)13-12-9-5-2-6-10-12;1-3-7-11(8-4-1)12-9-5-2-6-10-12;1-10-3-8-2-9(4-10)6-11(12,5-8)7-10;1-6-5-7(2)9(4)8(6)3;/h1-10,13H;1-10H;8-9,12H,2-7H2,1H3;6H,1-4H3;/q;;2*-1;+2. The van der Waals surface area contributed by atoms with Gasteiger partial charge in [-0.05, 0) is 47.6 Å². The number of benzene rings is 4. The van der Waals surface area contributed by atoms with Crippen LogP contribution in [0.2, 0.25) is 0 Å². The second-order valence-corrected chi connectivity index (χ2v) is 18.0. The maximum absolute atomic E-state index is 8.34. The molecule has 3 heteroatoms. The van der Waals surface area contributed by atoms with Gasteiger partial charge in [0.2, 0.25) is 0 Å². The fourth-order valence-electron chi connectivity index (χ4n) is 8.43. The van der Waals surface area contributed by atoms with E-state index in [-0.39, 0.29) is 31.7 Å². The number of rotatable bonds is 3. The first kappa shape index (κ1) is 37.6. The van der Waals surface area contributed by atoms with Crippen molar-refractivity contribution in [1.82, 2.24) is 0 Å². The Morgan fingerprint density at radius 1 is 0.638 bits per heavy atom. The van der Waals surface area contributed by atoms with Crippen LogP contribution in [-0.4, -0.2) is 21.0 Å². The molecule has 4 aromatic rings. The van der Waals surface area contributed by atoms with Crippen molar-refractivity contribution in [2.75, 3.05) is 0 Å². The summed E-state index contributed by atoms with van der Waals surface area (Å²) >= 11 is -0.392. The fourth-order valence-corrected chi connectivity index (χ4v) is 11.0. The molecule has 0 saturated heterocycles. The molecule has 1 N–H and O–H groups in total. The van der Waals surface area contributed by atoms with E-state index >= 15 is 0 Å². The van der Waals surface area contributed by atoms with Gasteiger partial charge in [0, 0.05) is 0 Å². The van der Waals surface area contributed by atoms with Gasteiger partial charge in [-0.1, -0.05) is 114 Å². The molecule has 0 aliphatic heterocycles. The second-order valence-electron chi connectivity index (χ2n) is 14.5. The van der Waals surface area contributed by atoms with Crippen LogP contribution in [0.5, 0.6) is 0 Å². The summed E-state index contributed by atoms with van der Waals surface area (Å²) < 4.78 is 3.05. The van der Waals surface area contributed by atoms with Crippen LogP contribution in [0.1, 0.15) is 73.1 Å². The molecule has 4 saturated carbocycles. The summed E-state index contributed by atoms with van der Waals surface area (Å²) in [5.74, 6) is 2.41. The topological polar surface area (TPSA) is 23.8 Å². The quantitative estimate of drug-likeness (QED) is 0.147. The van der Waals surface area contributed by atoms with Crippen LogP contribution in [0.15, 0.2) is 138 Å². The monoisotopic (exact) mass is 758 g/mol. The van der Waals surface area contributed by atoms with Crippen molar-refractivity contribution in [3.8, 4) is 11.1 Å². The molecule has 0 heterocycles. The Labute approximate surface area is 311 Å². The maximum Gasteiger partial charge on any atom is -0.0184 e. The predicted octanol–water partition coefficient (Wildman–Crippen LogP) is 10.5. The van der Waals surface area contributed by atoms with E-state index in [2.05, 4.69) is 150 Å². The Hall–Kier alpha value is -2.25. The van der Waals surface area contributed by atoms with Crippen LogP contribution >= 0.6 is 0 Å². The van der Waals surface area contributed by atoms with Crippen molar-refractivity contribution in [1.29, 1.82) is 0 Å². The molecule has 47 heavy (non-hydrogen) atoms. The van der Waals surface area contributed by atoms with Gasteiger partial charge < -0.3 is 5.73 Å². The second kappa shape index (κ2) is 17.4. The number of nitrogens with one attached hydrogen (secondary N) is 1. The summed E-state index contributed by atoms with van der Waals surface area (Å²) in [6.45, 7) is 11.1. The van der Waals surface area contributed by atoms with Gasteiger partial charge in [-0.2, -0.15) is 11.1 Å². The van der Waals surface area contributed by atoms with Crippen molar-refractivity contribution in [3.63, 3.8) is 0 Å². The van der Waals surface area contributed by atoms with Gasteiger partial charge in [0.1, 0.15) is 0 Å². The van der Waals surface area contributed by atoms with Crippen molar-refractivity contribution in [2.24, 2.45) is 23.2 Å². The van der Waals surface area contributed by atoms with Crippen molar-refractivity contribution in [3.05, 3.63) is 150 Å². The molecule has 241 valence electrons. The Morgan fingerprint density at radius 2 is 1.04 bits per heavy atom. The molecular weight excluding hydrogens is 706 g/mol. The third-order valence-corrected chi connectivity index (χ3v) is 13.4. The van der Waals surface area contributed by atoms with Crippen LogP contribution < -0.4 is 8.79 Å². The van der Waals surface area contributed by atoms with Gasteiger partial charge in [0.25, 0.3) is 0 Å². The first-order valence-electron chi connectivity index (χ1n) is 17.2. The molecular formula is C44H52GeNZr. The van der Waals surface area contributed by atoms with E-state index in [9.17, 15) is 0 Å². The van der Waals surface area contributed by atoms with Crippen LogP contribution in [0.3, 0.4) is 0 Å². The number of allylic oxidation sites excluding steroid dienone is 4. The van der Waals surface area contributed by atoms with E-state index in [1.807, 2.05) is 12.1 Å². The summed E-state index contributed by atoms with van der Waals surface area (Å²) in [6.07, 6.45) is 11.3. The fraction of sp³-hybridized carbons (Fsp3) is 0.364. The minimum Gasteiger partial charge on any atom is -0.0622 e. The molecule has 3 atom stereocenters. The van der Waals surface area contributed by atoms with E-state index in [1.54, 1.807) is 0 Å². The molecule has 3 unspecified atom stereocenters. The van der Waals surface area contributed by atoms with E-state index in [1.165, 1.54) is 75.2 Å². The van der Waals surface area contributed by atoms with Gasteiger partial charge in [0.15, 0.2) is 0 Å². The maximum atomic E-state index is 8.34. The van der Waals surface area contributed by atoms with Crippen molar-refractivity contribution < 1.29 is 26.2 Å². The van der Waals surface area contributed by atoms with Crippen LogP contribution in [-0.2, 0) is 26.2 Å². The van der Waals surface area contributed by atoms with E-state index < -0.39 is 15.4 Å². The number of hydrogen-bond donors (Lipinski definition) is 0. The summed E-state index contributed by atoms with van der Waals surface area (Å²) in [5, 5.41) is 0. The van der Waals surface area contributed by atoms with Gasteiger partial charge in [0.05, 0.1) is 0 Å². The molecule has 0 spiro atoms. The van der Waals surface area contributed by atoms with E-state index in [4.69, 9.17) is 5.73 Å². The molecule has 5 aliphatic carbocycles. The van der Waals surface area contributed by atoms with E-state index in [0.29, 0.717) is 11.3 Å². The zero-order valence-electron chi connectivity index (χ0n) is 29.1. The molecule has 1 radical (unpaired) electrons. The first-order chi connectivity index (χ1) is 22.1. The molecule has 4 aromatic carbocycles. The van der Waals surface area contributed by atoms with Crippen molar-refractivity contribution in [2.45, 2.75) is 78.7 Å². The van der Waals surface area contributed by atoms with Gasteiger partial charge in [-0.3, -0.25) is 6.08 Å². The summed E-state index contributed by atoms with van der Waals surface area (Å²) in [7, 11) is 0. The zero-order chi connectivity index (χ0) is 32.6. The Morgan fingerprint density at radius 3 is 1.34 bits per heavy atom. The van der Waals surface area contributed by atoms with Gasteiger partial charge >= 0.3 is 111 Å². The van der Waals surface area contributed by atoms with Crippen LogP contribution in [0.25, 0.3) is 16.9 Å². The molecule has 4 bridgehead atoms. The predicted molar refractivity (Wildman–Crippen MR) is 201 cm³/mol. The zero-order valence-corrected chi connectivity index (χ0v) is 34.0. The summed E-state index contributed by atoms with van der Waals surface area (Å²) in [4.78, 5) is 0. The average Bonchev–Trinajstić information content (AvgIpc) is 3.27.